The number of benzene rings is 1. The van der Waals surface area contributed by atoms with Crippen molar-refractivity contribution in [3.05, 3.63) is 29.6 Å². The van der Waals surface area contributed by atoms with Gasteiger partial charge in [0.2, 0.25) is 5.65 Å². The van der Waals surface area contributed by atoms with Gasteiger partial charge in [-0.3, -0.25) is 4.40 Å². The zero-order valence-corrected chi connectivity index (χ0v) is 12.4. The molecule has 0 fully saturated rings. The van der Waals surface area contributed by atoms with Crippen LogP contribution in [-0.2, 0) is 0 Å². The third kappa shape index (κ3) is 2.54. The third-order valence-electron chi connectivity index (χ3n) is 3.56. The van der Waals surface area contributed by atoms with Crippen LogP contribution < -0.4 is 11.1 Å². The van der Waals surface area contributed by atoms with Gasteiger partial charge in [0.05, 0.1) is 11.0 Å². The van der Waals surface area contributed by atoms with Gasteiger partial charge in [0.25, 0.3) is 0 Å². The monoisotopic (exact) mass is 284 g/mol. The van der Waals surface area contributed by atoms with Crippen LogP contribution in [0.3, 0.4) is 0 Å². The number of nitrogens with zero attached hydrogens (tertiary/aromatic N) is 4. The van der Waals surface area contributed by atoms with E-state index >= 15 is 0 Å². The molecule has 0 radical (unpaired) electrons. The Kier molecular flexibility index (Phi) is 3.70. The smallest absolute Gasteiger partial charge is 0.204 e. The SMILES string of the molecule is Cc1ccc2nc(NCCCCN)c3nnc(C)n3c2c1. The van der Waals surface area contributed by atoms with Crippen LogP contribution in [0.1, 0.15) is 24.2 Å². The first-order valence-corrected chi connectivity index (χ1v) is 7.27. The van der Waals surface area contributed by atoms with Crippen molar-refractivity contribution in [1.29, 1.82) is 0 Å². The van der Waals surface area contributed by atoms with Crippen molar-refractivity contribution >= 4 is 22.5 Å². The van der Waals surface area contributed by atoms with E-state index in [2.05, 4.69) is 44.0 Å². The Morgan fingerprint density at radius 3 is 2.86 bits per heavy atom. The minimum Gasteiger partial charge on any atom is -0.367 e. The maximum atomic E-state index is 5.52. The van der Waals surface area contributed by atoms with Crippen molar-refractivity contribution in [2.75, 3.05) is 18.4 Å². The summed E-state index contributed by atoms with van der Waals surface area (Å²) in [6.07, 6.45) is 2.02. The summed E-state index contributed by atoms with van der Waals surface area (Å²) in [6.45, 7) is 5.58. The minimum absolute atomic E-state index is 0.714. The van der Waals surface area contributed by atoms with E-state index < -0.39 is 0 Å². The Balaban J connectivity index is 2.09. The summed E-state index contributed by atoms with van der Waals surface area (Å²) >= 11 is 0. The molecule has 110 valence electrons. The van der Waals surface area contributed by atoms with Crippen molar-refractivity contribution in [3.63, 3.8) is 0 Å². The van der Waals surface area contributed by atoms with Crippen molar-refractivity contribution < 1.29 is 0 Å². The molecule has 2 aromatic heterocycles. The number of nitrogens with two attached hydrogens (primary N) is 1. The molecule has 3 rings (SSSR count). The zero-order valence-electron chi connectivity index (χ0n) is 12.4. The molecule has 2 heterocycles. The number of hydrogen-bond acceptors (Lipinski definition) is 5. The highest BCUT2D eigenvalue weighted by Gasteiger charge is 2.12. The highest BCUT2D eigenvalue weighted by atomic mass is 15.3. The summed E-state index contributed by atoms with van der Waals surface area (Å²) in [5, 5.41) is 11.8. The number of aryl methyl sites for hydroxylation is 2. The Hall–Kier alpha value is -2.21. The maximum Gasteiger partial charge on any atom is 0.204 e. The number of rotatable bonds is 5. The number of unbranched alkanes of at least 4 members (excludes halogenated alkanes) is 1. The van der Waals surface area contributed by atoms with Crippen LogP contribution in [0.2, 0.25) is 0 Å². The predicted octanol–water partition coefficient (Wildman–Crippen LogP) is 2.05. The van der Waals surface area contributed by atoms with Gasteiger partial charge in [-0.1, -0.05) is 6.07 Å². The van der Waals surface area contributed by atoms with Crippen molar-refractivity contribution in [2.24, 2.45) is 5.73 Å². The van der Waals surface area contributed by atoms with Gasteiger partial charge >= 0.3 is 0 Å². The summed E-state index contributed by atoms with van der Waals surface area (Å²) in [6, 6.07) is 6.22. The number of fused-ring (bicyclic) bond motifs is 3. The molecule has 21 heavy (non-hydrogen) atoms. The lowest BCUT2D eigenvalue weighted by atomic mass is 10.2. The first-order valence-electron chi connectivity index (χ1n) is 7.27. The van der Waals surface area contributed by atoms with Crippen molar-refractivity contribution in [2.45, 2.75) is 26.7 Å². The average molecular weight is 284 g/mol. The van der Waals surface area contributed by atoms with Gasteiger partial charge in [-0.15, -0.1) is 10.2 Å². The molecule has 0 saturated heterocycles. The third-order valence-corrected chi connectivity index (χ3v) is 3.56. The summed E-state index contributed by atoms with van der Waals surface area (Å²) < 4.78 is 2.06. The molecule has 0 unspecified atom stereocenters. The van der Waals surface area contributed by atoms with Gasteiger partial charge < -0.3 is 11.1 Å². The predicted molar refractivity (Wildman–Crippen MR) is 84.5 cm³/mol. The molecular formula is C15H20N6. The Bertz CT molecular complexity index is 777. The van der Waals surface area contributed by atoms with E-state index in [0.29, 0.717) is 6.54 Å². The molecule has 0 aliphatic heterocycles. The first kappa shape index (κ1) is 13.8. The zero-order chi connectivity index (χ0) is 14.8. The lowest BCUT2D eigenvalue weighted by molar-refractivity contribution is 0.772. The molecule has 0 atom stereocenters. The molecule has 0 aliphatic carbocycles. The summed E-state index contributed by atoms with van der Waals surface area (Å²) in [4.78, 5) is 4.69. The first-order chi connectivity index (χ1) is 10.2. The fourth-order valence-corrected chi connectivity index (χ4v) is 2.48. The van der Waals surface area contributed by atoms with Gasteiger partial charge in [0.1, 0.15) is 5.82 Å². The van der Waals surface area contributed by atoms with E-state index in [-0.39, 0.29) is 0 Å². The second kappa shape index (κ2) is 5.65. The molecule has 0 spiro atoms. The highest BCUT2D eigenvalue weighted by Crippen LogP contribution is 2.22. The number of hydrogen-bond donors (Lipinski definition) is 2. The summed E-state index contributed by atoms with van der Waals surface area (Å²) in [7, 11) is 0. The minimum atomic E-state index is 0.714. The summed E-state index contributed by atoms with van der Waals surface area (Å²) in [5.41, 5.74) is 9.48. The van der Waals surface area contributed by atoms with Gasteiger partial charge in [-0.2, -0.15) is 0 Å². The second-order valence-electron chi connectivity index (χ2n) is 5.28. The van der Waals surface area contributed by atoms with Crippen LogP contribution >= 0.6 is 0 Å². The largest absolute Gasteiger partial charge is 0.367 e. The molecular weight excluding hydrogens is 264 g/mol. The quantitative estimate of drug-likeness (QED) is 0.701. The van der Waals surface area contributed by atoms with E-state index in [1.54, 1.807) is 0 Å². The van der Waals surface area contributed by atoms with Crippen molar-refractivity contribution in [1.82, 2.24) is 19.6 Å². The Morgan fingerprint density at radius 1 is 1.19 bits per heavy atom. The van der Waals surface area contributed by atoms with Gasteiger partial charge in [-0.05, 0) is 50.9 Å². The topological polar surface area (TPSA) is 81.1 Å². The lowest BCUT2D eigenvalue weighted by Gasteiger charge is -2.10. The van der Waals surface area contributed by atoms with Crippen LogP contribution in [0.25, 0.3) is 16.7 Å². The van der Waals surface area contributed by atoms with E-state index in [4.69, 9.17) is 5.73 Å². The molecule has 6 nitrogen and oxygen atoms in total. The van der Waals surface area contributed by atoms with E-state index in [1.165, 1.54) is 5.56 Å². The molecule has 1 aromatic carbocycles. The van der Waals surface area contributed by atoms with Crippen LogP contribution in [-0.4, -0.2) is 32.7 Å². The normalized spacial score (nSPS) is 11.4. The fraction of sp³-hybridized carbons (Fsp3) is 0.400. The van der Waals surface area contributed by atoms with Crippen molar-refractivity contribution in [3.8, 4) is 0 Å². The van der Waals surface area contributed by atoms with Gasteiger partial charge in [0, 0.05) is 6.54 Å². The van der Waals surface area contributed by atoms with Crippen LogP contribution in [0.5, 0.6) is 0 Å². The van der Waals surface area contributed by atoms with E-state index in [9.17, 15) is 0 Å². The standard InChI is InChI=1S/C15H20N6/c1-10-5-6-12-13(9-10)21-11(2)19-20-15(21)14(18-12)17-8-4-3-7-16/h5-6,9H,3-4,7-8,16H2,1-2H3,(H,17,18). The molecule has 0 saturated carbocycles. The number of aromatic nitrogens is 4. The number of nitrogens with one attached hydrogen (secondary N) is 1. The van der Waals surface area contributed by atoms with Crippen LogP contribution in [0.4, 0.5) is 5.82 Å². The highest BCUT2D eigenvalue weighted by molar-refractivity contribution is 5.83. The maximum absolute atomic E-state index is 5.52. The molecule has 0 bridgehead atoms. The van der Waals surface area contributed by atoms with Crippen LogP contribution in [0.15, 0.2) is 18.2 Å². The van der Waals surface area contributed by atoms with E-state index in [0.717, 1.165) is 47.7 Å². The molecule has 3 N–H and O–H groups in total. The van der Waals surface area contributed by atoms with Crippen LogP contribution in [0, 0.1) is 13.8 Å². The molecule has 0 aliphatic rings. The van der Waals surface area contributed by atoms with Gasteiger partial charge in [0.15, 0.2) is 5.82 Å². The lowest BCUT2D eigenvalue weighted by Crippen LogP contribution is -2.08. The van der Waals surface area contributed by atoms with E-state index in [1.807, 2.05) is 13.0 Å². The number of anilines is 1. The molecule has 0 amide bonds. The molecule has 3 aromatic rings. The average Bonchev–Trinajstić information content (AvgIpc) is 2.86. The second-order valence-corrected chi connectivity index (χ2v) is 5.28. The summed E-state index contributed by atoms with van der Waals surface area (Å²) in [5.74, 6) is 1.65. The Morgan fingerprint density at radius 2 is 2.05 bits per heavy atom. The fourth-order valence-electron chi connectivity index (χ4n) is 2.48. The van der Waals surface area contributed by atoms with Gasteiger partial charge in [-0.25, -0.2) is 4.98 Å². The Labute approximate surface area is 123 Å². The molecule has 6 heteroatoms.